The first-order chi connectivity index (χ1) is 14.2. The molecule has 0 radical (unpaired) electrons. The zero-order valence-electron chi connectivity index (χ0n) is 16.5. The molecule has 1 atom stereocenters. The molecule has 2 heterocycles. The summed E-state index contributed by atoms with van der Waals surface area (Å²) < 4.78 is 0. The van der Waals surface area contributed by atoms with Gasteiger partial charge < -0.3 is 32.1 Å². The fourth-order valence-electron chi connectivity index (χ4n) is 2.91. The van der Waals surface area contributed by atoms with E-state index in [9.17, 15) is 19.2 Å². The number of hydrogen-bond donors (Lipinski definition) is 5. The van der Waals surface area contributed by atoms with Gasteiger partial charge in [-0.1, -0.05) is 11.3 Å². The molecule has 0 bridgehead atoms. The van der Waals surface area contributed by atoms with Gasteiger partial charge in [0, 0.05) is 25.9 Å². The summed E-state index contributed by atoms with van der Waals surface area (Å²) in [5, 5.41) is 14.1. The van der Waals surface area contributed by atoms with Crippen molar-refractivity contribution in [1.29, 1.82) is 0 Å². The van der Waals surface area contributed by atoms with Crippen LogP contribution in [0, 0.1) is 6.92 Å². The van der Waals surface area contributed by atoms with E-state index in [2.05, 4.69) is 20.6 Å². The van der Waals surface area contributed by atoms with E-state index >= 15 is 0 Å². The number of nitrogens with zero attached hydrogens (tertiary/aromatic N) is 3. The molecule has 12 nitrogen and oxygen atoms in total. The van der Waals surface area contributed by atoms with E-state index in [4.69, 9.17) is 16.6 Å². The summed E-state index contributed by atoms with van der Waals surface area (Å²) in [5.74, 6) is -2.14. The van der Waals surface area contributed by atoms with Crippen LogP contribution in [0.25, 0.3) is 0 Å². The van der Waals surface area contributed by atoms with Crippen molar-refractivity contribution in [3.8, 4) is 0 Å². The molecule has 1 saturated heterocycles. The minimum Gasteiger partial charge on any atom is -0.481 e. The number of guanidine groups is 1. The second kappa shape index (κ2) is 10.6. The molecule has 0 spiro atoms. The number of nitrogens with one attached hydrogen (secondary N) is 2. The number of carbonyl (C=O) groups excluding carboxylic acids is 3. The van der Waals surface area contributed by atoms with E-state index in [1.807, 2.05) is 4.90 Å². The number of aliphatic carboxylic acids is 1. The first kappa shape index (κ1) is 23.2. The molecule has 164 valence electrons. The van der Waals surface area contributed by atoms with Crippen molar-refractivity contribution in [3.63, 3.8) is 0 Å². The maximum Gasteiger partial charge on any atom is 0.303 e. The number of Topliss-reactive ketones (excluding diaryl/α,β-unsaturated/α-hetero) is 1. The number of carboxylic acid groups (broad SMARTS) is 1. The Morgan fingerprint density at radius 2 is 2.10 bits per heavy atom. The van der Waals surface area contributed by atoms with Crippen molar-refractivity contribution in [1.82, 2.24) is 20.5 Å². The Labute approximate surface area is 176 Å². The average Bonchev–Trinajstić information content (AvgIpc) is 3.01. The molecule has 2 amide bonds. The zero-order valence-corrected chi connectivity index (χ0v) is 17.3. The number of hydrogen-bond acceptors (Lipinski definition) is 8. The van der Waals surface area contributed by atoms with Gasteiger partial charge in [0.1, 0.15) is 10.9 Å². The van der Waals surface area contributed by atoms with Crippen LogP contribution < -0.4 is 22.1 Å². The maximum absolute atomic E-state index is 12.3. The highest BCUT2D eigenvalue weighted by atomic mass is 32.1. The first-order valence-corrected chi connectivity index (χ1v) is 10.1. The van der Waals surface area contributed by atoms with Crippen molar-refractivity contribution >= 4 is 46.0 Å². The summed E-state index contributed by atoms with van der Waals surface area (Å²) in [6, 6.07) is -0.688. The molecule has 0 saturated carbocycles. The number of carbonyl (C=O) groups is 4. The Morgan fingerprint density at radius 3 is 2.77 bits per heavy atom. The first-order valence-electron chi connectivity index (χ1n) is 9.27. The molecular formula is C17H25N7O5S. The maximum atomic E-state index is 12.3. The van der Waals surface area contributed by atoms with E-state index in [0.29, 0.717) is 31.7 Å². The summed E-state index contributed by atoms with van der Waals surface area (Å²) >= 11 is 0.989. The van der Waals surface area contributed by atoms with Gasteiger partial charge in [0.2, 0.25) is 11.0 Å². The van der Waals surface area contributed by atoms with Gasteiger partial charge in [0.25, 0.3) is 5.91 Å². The van der Waals surface area contributed by atoms with Crippen LogP contribution in [0.4, 0.5) is 5.13 Å². The lowest BCUT2D eigenvalue weighted by Gasteiger charge is -2.32. The van der Waals surface area contributed by atoms with Crippen LogP contribution in [0.3, 0.4) is 0 Å². The number of nitrogens with two attached hydrogens (primary N) is 2. The Balaban J connectivity index is 1.83. The number of thiazole rings is 1. The van der Waals surface area contributed by atoms with E-state index in [-0.39, 0.29) is 41.1 Å². The standard InChI is InChI=1S/C17H25N7O5S/c1-9-14(30-17(21-9)23-16(18)19)15(29)20-7-12(26)22-10-8-24(6-4-11(10)25)5-2-3-13(27)28/h10H,2-8H2,1H3,(H,20,29)(H,22,26)(H,27,28)(H4,18,19,21,23)/t10-/m0/s1. The number of ketones is 1. The van der Waals surface area contributed by atoms with Crippen molar-refractivity contribution in [3.05, 3.63) is 10.6 Å². The Bertz CT molecular complexity index is 850. The third-order valence-corrected chi connectivity index (χ3v) is 5.38. The highest BCUT2D eigenvalue weighted by Gasteiger charge is 2.28. The van der Waals surface area contributed by atoms with E-state index < -0.39 is 23.8 Å². The zero-order chi connectivity index (χ0) is 22.3. The number of aryl methyl sites for hydroxylation is 1. The number of carboxylic acids is 1. The minimum absolute atomic E-state index is 0.0510. The summed E-state index contributed by atoms with van der Waals surface area (Å²) in [4.78, 5) is 57.3. The number of aromatic nitrogens is 1. The number of rotatable bonds is 9. The Morgan fingerprint density at radius 1 is 1.37 bits per heavy atom. The molecule has 1 aliphatic heterocycles. The molecule has 1 aliphatic rings. The summed E-state index contributed by atoms with van der Waals surface area (Å²) in [7, 11) is 0. The fourth-order valence-corrected chi connectivity index (χ4v) is 3.79. The topological polar surface area (TPSA) is 193 Å². The monoisotopic (exact) mass is 439 g/mol. The molecule has 13 heteroatoms. The van der Waals surface area contributed by atoms with Crippen LogP contribution in [0.1, 0.15) is 34.6 Å². The van der Waals surface area contributed by atoms with Crippen LogP contribution >= 0.6 is 11.3 Å². The largest absolute Gasteiger partial charge is 0.481 e. The molecule has 0 aromatic carbocycles. The fraction of sp³-hybridized carbons (Fsp3) is 0.529. The molecule has 1 aromatic heterocycles. The summed E-state index contributed by atoms with van der Waals surface area (Å²) in [6.45, 7) is 2.69. The van der Waals surface area contributed by atoms with Gasteiger partial charge in [0.15, 0.2) is 11.7 Å². The second-order valence-electron chi connectivity index (χ2n) is 6.76. The van der Waals surface area contributed by atoms with Gasteiger partial charge in [-0.25, -0.2) is 4.98 Å². The number of amides is 2. The lowest BCUT2D eigenvalue weighted by Crippen LogP contribution is -2.54. The van der Waals surface area contributed by atoms with Crippen molar-refractivity contribution in [2.24, 2.45) is 16.5 Å². The van der Waals surface area contributed by atoms with Gasteiger partial charge in [-0.05, 0) is 19.9 Å². The van der Waals surface area contributed by atoms with Crippen LogP contribution in [0.2, 0.25) is 0 Å². The van der Waals surface area contributed by atoms with Gasteiger partial charge in [-0.3, -0.25) is 19.2 Å². The Hall–Kier alpha value is -3.06. The van der Waals surface area contributed by atoms with Crippen molar-refractivity contribution < 1.29 is 24.3 Å². The van der Waals surface area contributed by atoms with Crippen LogP contribution in [0.15, 0.2) is 4.99 Å². The van der Waals surface area contributed by atoms with E-state index in [0.717, 1.165) is 11.3 Å². The van der Waals surface area contributed by atoms with Crippen molar-refractivity contribution in [2.75, 3.05) is 26.2 Å². The number of aliphatic imine (C=N–C) groups is 1. The van der Waals surface area contributed by atoms with Gasteiger partial charge in [0.05, 0.1) is 12.2 Å². The molecule has 0 aliphatic carbocycles. The highest BCUT2D eigenvalue weighted by molar-refractivity contribution is 7.17. The SMILES string of the molecule is Cc1nc(N=C(N)N)sc1C(=O)NCC(=O)N[C@H]1CN(CCCC(=O)O)CCC1=O. The highest BCUT2D eigenvalue weighted by Crippen LogP contribution is 2.24. The second-order valence-corrected chi connectivity index (χ2v) is 7.74. The molecule has 7 N–H and O–H groups in total. The molecule has 1 aromatic rings. The van der Waals surface area contributed by atoms with Gasteiger partial charge >= 0.3 is 5.97 Å². The molecular weight excluding hydrogens is 414 g/mol. The third kappa shape index (κ3) is 7.08. The van der Waals surface area contributed by atoms with E-state index in [1.54, 1.807) is 6.92 Å². The third-order valence-electron chi connectivity index (χ3n) is 4.33. The lowest BCUT2D eigenvalue weighted by atomic mass is 10.0. The van der Waals surface area contributed by atoms with E-state index in [1.165, 1.54) is 0 Å². The van der Waals surface area contributed by atoms with Crippen molar-refractivity contribution in [2.45, 2.75) is 32.2 Å². The summed E-state index contributed by atoms with van der Waals surface area (Å²) in [6.07, 6.45) is 0.795. The minimum atomic E-state index is -0.870. The predicted octanol–water partition coefficient (Wildman–Crippen LogP) is -1.29. The quantitative estimate of drug-likeness (QED) is 0.230. The van der Waals surface area contributed by atoms with Crippen LogP contribution in [0.5, 0.6) is 0 Å². The normalized spacial score (nSPS) is 16.7. The molecule has 30 heavy (non-hydrogen) atoms. The lowest BCUT2D eigenvalue weighted by molar-refractivity contribution is -0.137. The van der Waals surface area contributed by atoms with Gasteiger partial charge in [-0.2, -0.15) is 4.99 Å². The van der Waals surface area contributed by atoms with Gasteiger partial charge in [-0.15, -0.1) is 0 Å². The number of piperidine rings is 1. The van der Waals surface area contributed by atoms with Crippen LogP contribution in [-0.2, 0) is 14.4 Å². The average molecular weight is 439 g/mol. The molecule has 1 fully saturated rings. The Kier molecular flexibility index (Phi) is 8.24. The van der Waals surface area contributed by atoms with Crippen LogP contribution in [-0.4, -0.2) is 76.7 Å². The summed E-state index contributed by atoms with van der Waals surface area (Å²) in [5.41, 5.74) is 11.0. The smallest absolute Gasteiger partial charge is 0.303 e. The molecule has 2 rings (SSSR count). The predicted molar refractivity (Wildman–Crippen MR) is 110 cm³/mol. The molecule has 0 unspecified atom stereocenters. The number of likely N-dealkylation sites (tertiary alicyclic amines) is 1.